The molecule has 0 bridgehead atoms. The van der Waals surface area contributed by atoms with Crippen LogP contribution in [0.3, 0.4) is 0 Å². The fraction of sp³-hybridized carbons (Fsp3) is 0.375. The number of hydrogen-bond donors (Lipinski definition) is 1. The predicted molar refractivity (Wildman–Crippen MR) is 138 cm³/mol. The first-order chi connectivity index (χ1) is 16.5. The number of hydrogen-bond acceptors (Lipinski definition) is 7. The van der Waals surface area contributed by atoms with Crippen LogP contribution < -0.4 is 10.1 Å². The van der Waals surface area contributed by atoms with Gasteiger partial charge in [0, 0.05) is 36.6 Å². The van der Waals surface area contributed by atoms with E-state index in [0.29, 0.717) is 18.5 Å². The van der Waals surface area contributed by atoms with Gasteiger partial charge in [0.15, 0.2) is 5.01 Å². The number of nitrogens with one attached hydrogen (secondary N) is 1. The Labute approximate surface area is 211 Å². The molecular formula is C24H26ClN5O2S2. The zero-order chi connectivity index (χ0) is 23.7. The fourth-order valence-corrected chi connectivity index (χ4v) is 6.19. The number of piperidine rings is 1. The molecule has 0 saturated carbocycles. The minimum Gasteiger partial charge on any atom is -0.393 e. The molecule has 4 heterocycles. The molecule has 0 aliphatic carbocycles. The standard InChI is InChI=1S/C24H26ClN5O2S2/c1-15(2)29-11-9-17(10-12-29)26-24(31)32-22-13-16-5-3-4-6-18(16)30(22)14-21-27-28-23(34-21)19-7-8-20(25)33-19/h3-8,13,15,17H,9-12,14H2,1-2H3,(H,26,31). The monoisotopic (exact) mass is 515 g/mol. The summed E-state index contributed by atoms with van der Waals surface area (Å²) in [5.74, 6) is 0.495. The summed E-state index contributed by atoms with van der Waals surface area (Å²) in [6, 6.07) is 14.3. The third-order valence-corrected chi connectivity index (χ3v) is 8.40. The summed E-state index contributed by atoms with van der Waals surface area (Å²) in [5, 5.41) is 14.4. The molecule has 1 amide bonds. The summed E-state index contributed by atoms with van der Waals surface area (Å²) >= 11 is 9.06. The normalized spacial score (nSPS) is 15.3. The van der Waals surface area contributed by atoms with Crippen LogP contribution in [0.1, 0.15) is 31.7 Å². The molecule has 0 atom stereocenters. The van der Waals surface area contributed by atoms with Crippen LogP contribution in [-0.2, 0) is 6.54 Å². The van der Waals surface area contributed by atoms with Crippen LogP contribution >= 0.6 is 34.3 Å². The number of likely N-dealkylation sites (tertiary alicyclic amines) is 1. The van der Waals surface area contributed by atoms with E-state index in [1.165, 1.54) is 22.7 Å². The minimum absolute atomic E-state index is 0.128. The smallest absolute Gasteiger partial charge is 0.393 e. The Morgan fingerprint density at radius 2 is 1.97 bits per heavy atom. The number of amides is 1. The number of carbonyl (C=O) groups excluding carboxylic acids is 1. The Kier molecular flexibility index (Phi) is 6.87. The van der Waals surface area contributed by atoms with Crippen molar-refractivity contribution in [2.75, 3.05) is 13.1 Å². The molecule has 5 rings (SSSR count). The van der Waals surface area contributed by atoms with E-state index in [2.05, 4.69) is 34.3 Å². The average molecular weight is 516 g/mol. The Bertz CT molecular complexity index is 1290. The first kappa shape index (κ1) is 23.3. The van der Waals surface area contributed by atoms with Gasteiger partial charge in [-0.3, -0.25) is 0 Å². The van der Waals surface area contributed by atoms with Crippen LogP contribution in [0.4, 0.5) is 4.79 Å². The fourth-order valence-electron chi connectivity index (χ4n) is 4.27. The highest BCUT2D eigenvalue weighted by Gasteiger charge is 2.23. The van der Waals surface area contributed by atoms with Crippen LogP contribution in [-0.4, -0.2) is 50.9 Å². The highest BCUT2D eigenvalue weighted by molar-refractivity contribution is 7.23. The number of aromatic nitrogens is 3. The molecule has 1 fully saturated rings. The van der Waals surface area contributed by atoms with Crippen LogP contribution in [0.2, 0.25) is 4.34 Å². The highest BCUT2D eigenvalue weighted by atomic mass is 35.5. The molecule has 0 spiro atoms. The molecule has 1 N–H and O–H groups in total. The molecule has 1 aromatic carbocycles. The Hall–Kier alpha value is -2.46. The van der Waals surface area contributed by atoms with E-state index in [1.54, 1.807) is 0 Å². The van der Waals surface area contributed by atoms with Gasteiger partial charge in [0.25, 0.3) is 0 Å². The summed E-state index contributed by atoms with van der Waals surface area (Å²) < 4.78 is 8.51. The summed E-state index contributed by atoms with van der Waals surface area (Å²) in [6.45, 7) is 6.84. The molecule has 178 valence electrons. The van der Waals surface area contributed by atoms with Gasteiger partial charge < -0.3 is 19.5 Å². The number of rotatable bonds is 6. The van der Waals surface area contributed by atoms with E-state index in [9.17, 15) is 4.79 Å². The van der Waals surface area contributed by atoms with E-state index >= 15 is 0 Å². The topological polar surface area (TPSA) is 72.3 Å². The zero-order valence-corrected chi connectivity index (χ0v) is 21.4. The second-order valence-corrected chi connectivity index (χ2v) is 11.4. The summed E-state index contributed by atoms with van der Waals surface area (Å²) in [4.78, 5) is 16.2. The number of carbonyl (C=O) groups is 1. The van der Waals surface area contributed by atoms with Gasteiger partial charge in [-0.25, -0.2) is 4.79 Å². The Morgan fingerprint density at radius 1 is 1.18 bits per heavy atom. The molecule has 34 heavy (non-hydrogen) atoms. The van der Waals surface area contributed by atoms with E-state index in [1.807, 2.05) is 47.0 Å². The van der Waals surface area contributed by atoms with Gasteiger partial charge in [0.05, 0.1) is 21.3 Å². The average Bonchev–Trinajstić information content (AvgIpc) is 3.54. The molecule has 1 aliphatic rings. The lowest BCUT2D eigenvalue weighted by atomic mass is 10.0. The molecule has 0 unspecified atom stereocenters. The Morgan fingerprint density at radius 3 is 2.71 bits per heavy atom. The first-order valence-electron chi connectivity index (χ1n) is 11.3. The maximum Gasteiger partial charge on any atom is 0.414 e. The zero-order valence-electron chi connectivity index (χ0n) is 19.0. The van der Waals surface area contributed by atoms with Crippen LogP contribution in [0.5, 0.6) is 5.88 Å². The number of thiophene rings is 1. The van der Waals surface area contributed by atoms with Crippen LogP contribution in [0.15, 0.2) is 42.5 Å². The van der Waals surface area contributed by atoms with Crippen molar-refractivity contribution in [3.8, 4) is 15.8 Å². The minimum atomic E-state index is -0.418. The number of nitrogens with zero attached hydrogens (tertiary/aromatic N) is 4. The summed E-state index contributed by atoms with van der Waals surface area (Å²) in [7, 11) is 0. The third-order valence-electron chi connectivity index (χ3n) is 6.10. The predicted octanol–water partition coefficient (Wildman–Crippen LogP) is 5.88. The highest BCUT2D eigenvalue weighted by Crippen LogP contribution is 2.34. The SMILES string of the molecule is CC(C)N1CCC(NC(=O)Oc2cc3ccccc3n2Cc2nnc(-c3ccc(Cl)s3)s2)CC1. The van der Waals surface area contributed by atoms with Gasteiger partial charge in [0.2, 0.25) is 5.88 Å². The van der Waals surface area contributed by atoms with Crippen molar-refractivity contribution < 1.29 is 9.53 Å². The van der Waals surface area contributed by atoms with Gasteiger partial charge in [-0.05, 0) is 44.9 Å². The van der Waals surface area contributed by atoms with Gasteiger partial charge >= 0.3 is 6.09 Å². The molecule has 1 saturated heterocycles. The first-order valence-corrected chi connectivity index (χ1v) is 13.4. The van der Waals surface area contributed by atoms with Crippen molar-refractivity contribution in [3.63, 3.8) is 0 Å². The molecular weight excluding hydrogens is 490 g/mol. The lowest BCUT2D eigenvalue weighted by molar-refractivity contribution is 0.151. The number of para-hydroxylation sites is 1. The second-order valence-electron chi connectivity index (χ2n) is 8.67. The molecule has 0 radical (unpaired) electrons. The van der Waals surface area contributed by atoms with E-state index in [4.69, 9.17) is 16.3 Å². The van der Waals surface area contributed by atoms with Gasteiger partial charge in [-0.15, -0.1) is 21.5 Å². The van der Waals surface area contributed by atoms with E-state index < -0.39 is 6.09 Å². The number of benzene rings is 1. The van der Waals surface area contributed by atoms with Crippen molar-refractivity contribution in [1.29, 1.82) is 0 Å². The van der Waals surface area contributed by atoms with Crippen LogP contribution in [0.25, 0.3) is 20.8 Å². The van der Waals surface area contributed by atoms with E-state index in [-0.39, 0.29) is 6.04 Å². The second kappa shape index (κ2) is 10.0. The van der Waals surface area contributed by atoms with Crippen molar-refractivity contribution in [2.45, 2.75) is 45.3 Å². The van der Waals surface area contributed by atoms with Crippen molar-refractivity contribution in [3.05, 3.63) is 51.8 Å². The number of ether oxygens (including phenoxy) is 1. The maximum atomic E-state index is 12.8. The van der Waals surface area contributed by atoms with Crippen molar-refractivity contribution in [1.82, 2.24) is 25.0 Å². The van der Waals surface area contributed by atoms with E-state index in [0.717, 1.165) is 56.1 Å². The molecule has 1 aliphatic heterocycles. The largest absolute Gasteiger partial charge is 0.414 e. The third kappa shape index (κ3) is 5.12. The maximum absolute atomic E-state index is 12.8. The quantitative estimate of drug-likeness (QED) is 0.347. The summed E-state index contributed by atoms with van der Waals surface area (Å²) in [6.07, 6.45) is 1.44. The summed E-state index contributed by atoms with van der Waals surface area (Å²) in [5.41, 5.74) is 0.978. The lowest BCUT2D eigenvalue weighted by Crippen LogP contribution is -2.47. The molecule has 4 aromatic rings. The lowest BCUT2D eigenvalue weighted by Gasteiger charge is -2.34. The van der Waals surface area contributed by atoms with Gasteiger partial charge in [-0.1, -0.05) is 41.1 Å². The van der Waals surface area contributed by atoms with Crippen molar-refractivity contribution >= 4 is 51.3 Å². The van der Waals surface area contributed by atoms with Gasteiger partial charge in [0.1, 0.15) is 5.01 Å². The van der Waals surface area contributed by atoms with Gasteiger partial charge in [-0.2, -0.15) is 0 Å². The molecule has 7 nitrogen and oxygen atoms in total. The van der Waals surface area contributed by atoms with Crippen LogP contribution in [0, 0.1) is 0 Å². The molecule has 3 aromatic heterocycles. The molecule has 10 heteroatoms. The number of halogens is 1. The Balaban J connectivity index is 1.31. The van der Waals surface area contributed by atoms with Crippen molar-refractivity contribution in [2.24, 2.45) is 0 Å². The number of fused-ring (bicyclic) bond motifs is 1.